The number of carbonyl (C=O) groups is 1. The number of hydrogen-bond donors (Lipinski definition) is 2. The van der Waals surface area contributed by atoms with Crippen LogP contribution in [0, 0.1) is 0 Å². The molecule has 0 aliphatic heterocycles. The Morgan fingerprint density at radius 2 is 2.00 bits per heavy atom. The van der Waals surface area contributed by atoms with Gasteiger partial charge in [-0.2, -0.15) is 0 Å². The van der Waals surface area contributed by atoms with Crippen molar-refractivity contribution in [2.45, 2.75) is 26.3 Å². The normalized spacial score (nSPS) is 11.1. The lowest BCUT2D eigenvalue weighted by Crippen LogP contribution is -2.37. The standard InChI is InChI=1S/C15H22N2O2/c1-11(9-17-15(2,3)4)10-19-13-8-6-5-7-12(13)14(16)18/h5-8,17H,1,9-10H2,2-4H3,(H2,16,18). The average molecular weight is 262 g/mol. The Hall–Kier alpha value is -1.81. The molecular weight excluding hydrogens is 240 g/mol. The number of ether oxygens (including phenoxy) is 1. The first-order chi connectivity index (χ1) is 8.79. The third-order valence-corrected chi connectivity index (χ3v) is 2.45. The van der Waals surface area contributed by atoms with Crippen LogP contribution >= 0.6 is 0 Å². The number of amides is 1. The number of primary amides is 1. The first kappa shape index (κ1) is 15.2. The Balaban J connectivity index is 2.53. The number of nitrogens with one attached hydrogen (secondary N) is 1. The van der Waals surface area contributed by atoms with E-state index in [1.54, 1.807) is 24.3 Å². The Morgan fingerprint density at radius 3 is 2.58 bits per heavy atom. The summed E-state index contributed by atoms with van der Waals surface area (Å²) in [4.78, 5) is 11.2. The van der Waals surface area contributed by atoms with E-state index in [1.165, 1.54) is 0 Å². The summed E-state index contributed by atoms with van der Waals surface area (Å²) < 4.78 is 5.59. The molecular formula is C15H22N2O2. The summed E-state index contributed by atoms with van der Waals surface area (Å²) in [6, 6.07) is 6.93. The molecule has 0 saturated carbocycles. The van der Waals surface area contributed by atoms with Crippen LogP contribution < -0.4 is 15.8 Å². The number of carbonyl (C=O) groups excluding carboxylic acids is 1. The minimum Gasteiger partial charge on any atom is -0.488 e. The van der Waals surface area contributed by atoms with Crippen LogP contribution in [-0.2, 0) is 0 Å². The molecule has 0 aliphatic carbocycles. The van der Waals surface area contributed by atoms with E-state index in [9.17, 15) is 4.79 Å². The zero-order valence-corrected chi connectivity index (χ0v) is 11.8. The average Bonchev–Trinajstić information content (AvgIpc) is 2.33. The van der Waals surface area contributed by atoms with Gasteiger partial charge in [0.25, 0.3) is 5.91 Å². The molecule has 3 N–H and O–H groups in total. The summed E-state index contributed by atoms with van der Waals surface area (Å²) in [5.41, 5.74) is 6.62. The Morgan fingerprint density at radius 1 is 1.37 bits per heavy atom. The highest BCUT2D eigenvalue weighted by molar-refractivity contribution is 5.95. The molecule has 0 spiro atoms. The number of para-hydroxylation sites is 1. The van der Waals surface area contributed by atoms with E-state index in [0.29, 0.717) is 24.5 Å². The Labute approximate surface area is 114 Å². The molecule has 19 heavy (non-hydrogen) atoms. The molecule has 1 rings (SSSR count). The smallest absolute Gasteiger partial charge is 0.252 e. The highest BCUT2D eigenvalue weighted by Crippen LogP contribution is 2.17. The highest BCUT2D eigenvalue weighted by Gasteiger charge is 2.11. The molecule has 1 amide bonds. The summed E-state index contributed by atoms with van der Waals surface area (Å²) in [5.74, 6) is 0.000868. The van der Waals surface area contributed by atoms with E-state index in [2.05, 4.69) is 32.7 Å². The van der Waals surface area contributed by atoms with E-state index in [1.807, 2.05) is 0 Å². The molecule has 0 unspecified atom stereocenters. The largest absolute Gasteiger partial charge is 0.488 e. The molecule has 0 bridgehead atoms. The molecule has 0 saturated heterocycles. The van der Waals surface area contributed by atoms with Gasteiger partial charge in [0.1, 0.15) is 12.4 Å². The van der Waals surface area contributed by atoms with E-state index >= 15 is 0 Å². The summed E-state index contributed by atoms with van der Waals surface area (Å²) >= 11 is 0. The summed E-state index contributed by atoms with van der Waals surface area (Å²) in [5, 5.41) is 3.32. The van der Waals surface area contributed by atoms with Crippen molar-refractivity contribution < 1.29 is 9.53 Å². The maximum Gasteiger partial charge on any atom is 0.252 e. The van der Waals surface area contributed by atoms with Crippen molar-refractivity contribution in [1.29, 1.82) is 0 Å². The van der Waals surface area contributed by atoms with Crippen molar-refractivity contribution in [1.82, 2.24) is 5.32 Å². The predicted octanol–water partition coefficient (Wildman–Crippen LogP) is 2.11. The minimum absolute atomic E-state index is 0.0358. The first-order valence-corrected chi connectivity index (χ1v) is 6.23. The molecule has 0 heterocycles. The fourth-order valence-corrected chi connectivity index (χ4v) is 1.42. The summed E-state index contributed by atoms with van der Waals surface area (Å²) in [7, 11) is 0. The van der Waals surface area contributed by atoms with Crippen LogP contribution in [0.25, 0.3) is 0 Å². The second-order valence-electron chi connectivity index (χ2n) is 5.50. The second-order valence-corrected chi connectivity index (χ2v) is 5.50. The van der Waals surface area contributed by atoms with Gasteiger partial charge >= 0.3 is 0 Å². The SMILES string of the molecule is C=C(CNC(C)(C)C)COc1ccccc1C(N)=O. The maximum atomic E-state index is 11.2. The fraction of sp³-hybridized carbons (Fsp3) is 0.400. The quantitative estimate of drug-likeness (QED) is 0.772. The van der Waals surface area contributed by atoms with Crippen molar-refractivity contribution in [2.75, 3.05) is 13.2 Å². The van der Waals surface area contributed by atoms with Gasteiger partial charge in [-0.25, -0.2) is 0 Å². The second kappa shape index (κ2) is 6.38. The first-order valence-electron chi connectivity index (χ1n) is 6.23. The third kappa shape index (κ3) is 5.57. The zero-order chi connectivity index (χ0) is 14.5. The molecule has 1 aromatic carbocycles. The van der Waals surface area contributed by atoms with Crippen LogP contribution in [0.5, 0.6) is 5.75 Å². The van der Waals surface area contributed by atoms with Crippen LogP contribution in [0.15, 0.2) is 36.4 Å². The van der Waals surface area contributed by atoms with Crippen molar-refractivity contribution in [2.24, 2.45) is 5.73 Å². The minimum atomic E-state index is -0.492. The van der Waals surface area contributed by atoms with Crippen molar-refractivity contribution in [3.05, 3.63) is 42.0 Å². The van der Waals surface area contributed by atoms with Crippen LogP contribution in [0.1, 0.15) is 31.1 Å². The number of rotatable bonds is 6. The van der Waals surface area contributed by atoms with Crippen LogP contribution in [0.2, 0.25) is 0 Å². The number of hydrogen-bond acceptors (Lipinski definition) is 3. The van der Waals surface area contributed by atoms with E-state index in [0.717, 1.165) is 5.57 Å². The molecule has 4 nitrogen and oxygen atoms in total. The topological polar surface area (TPSA) is 64.3 Å². The van der Waals surface area contributed by atoms with E-state index in [4.69, 9.17) is 10.5 Å². The molecule has 1 aromatic rings. The van der Waals surface area contributed by atoms with Gasteiger partial charge < -0.3 is 15.8 Å². The molecule has 0 fully saturated rings. The maximum absolute atomic E-state index is 11.2. The number of benzene rings is 1. The van der Waals surface area contributed by atoms with Gasteiger partial charge in [0.05, 0.1) is 5.56 Å². The van der Waals surface area contributed by atoms with Crippen molar-refractivity contribution in [3.8, 4) is 5.75 Å². The van der Waals surface area contributed by atoms with Gasteiger partial charge in [0.2, 0.25) is 0 Å². The molecule has 4 heteroatoms. The highest BCUT2D eigenvalue weighted by atomic mass is 16.5. The Kier molecular flexibility index (Phi) is 5.12. The van der Waals surface area contributed by atoms with Crippen molar-refractivity contribution >= 4 is 5.91 Å². The molecule has 0 radical (unpaired) electrons. The van der Waals surface area contributed by atoms with E-state index in [-0.39, 0.29) is 5.54 Å². The lowest BCUT2D eigenvalue weighted by Gasteiger charge is -2.21. The van der Waals surface area contributed by atoms with Crippen molar-refractivity contribution in [3.63, 3.8) is 0 Å². The van der Waals surface area contributed by atoms with Gasteiger partial charge in [-0.1, -0.05) is 18.7 Å². The van der Waals surface area contributed by atoms with Gasteiger partial charge in [0.15, 0.2) is 0 Å². The van der Waals surface area contributed by atoms with Crippen LogP contribution in [0.3, 0.4) is 0 Å². The van der Waals surface area contributed by atoms with Gasteiger partial charge in [0, 0.05) is 12.1 Å². The van der Waals surface area contributed by atoms with Gasteiger partial charge in [-0.15, -0.1) is 0 Å². The third-order valence-electron chi connectivity index (χ3n) is 2.45. The predicted molar refractivity (Wildman–Crippen MR) is 77.4 cm³/mol. The summed E-state index contributed by atoms with van der Waals surface area (Å²) in [6.07, 6.45) is 0. The number of nitrogens with two attached hydrogens (primary N) is 1. The van der Waals surface area contributed by atoms with Gasteiger partial charge in [-0.3, -0.25) is 4.79 Å². The Bertz CT molecular complexity index is 461. The van der Waals surface area contributed by atoms with Gasteiger partial charge in [-0.05, 0) is 38.5 Å². The van der Waals surface area contributed by atoms with Crippen LogP contribution in [-0.4, -0.2) is 24.6 Å². The molecule has 0 aliphatic rings. The van der Waals surface area contributed by atoms with E-state index < -0.39 is 5.91 Å². The fourth-order valence-electron chi connectivity index (χ4n) is 1.42. The monoisotopic (exact) mass is 262 g/mol. The zero-order valence-electron chi connectivity index (χ0n) is 11.8. The summed E-state index contributed by atoms with van der Waals surface area (Å²) in [6.45, 7) is 11.2. The van der Waals surface area contributed by atoms with Crippen LogP contribution in [0.4, 0.5) is 0 Å². The molecule has 0 aromatic heterocycles. The molecule has 0 atom stereocenters. The lowest BCUT2D eigenvalue weighted by molar-refractivity contribution is 0.0997. The molecule has 104 valence electrons. The lowest BCUT2D eigenvalue weighted by atomic mass is 10.1.